The molecule has 0 radical (unpaired) electrons. The molecule has 3 aromatic rings. The van der Waals surface area contributed by atoms with Crippen molar-refractivity contribution in [3.63, 3.8) is 0 Å². The zero-order valence-electron chi connectivity index (χ0n) is 12.1. The zero-order chi connectivity index (χ0) is 14.1. The van der Waals surface area contributed by atoms with Gasteiger partial charge in [-0.3, -0.25) is 4.98 Å². The van der Waals surface area contributed by atoms with Gasteiger partial charge in [-0.1, -0.05) is 30.3 Å². The first-order valence-corrected chi connectivity index (χ1v) is 6.79. The summed E-state index contributed by atoms with van der Waals surface area (Å²) in [7, 11) is 4.12. The maximum absolute atomic E-state index is 4.62. The Morgan fingerprint density at radius 2 is 1.75 bits per heavy atom. The van der Waals surface area contributed by atoms with Crippen molar-refractivity contribution in [2.24, 2.45) is 0 Å². The van der Waals surface area contributed by atoms with Crippen LogP contribution in [0.3, 0.4) is 0 Å². The number of pyridine rings is 1. The molecule has 0 atom stereocenters. The molecule has 0 bridgehead atoms. The second-order valence-electron chi connectivity index (χ2n) is 5.27. The van der Waals surface area contributed by atoms with Crippen LogP contribution in [0.15, 0.2) is 54.7 Å². The Bertz CT molecular complexity index is 755. The predicted molar refractivity (Wildman–Crippen MR) is 86.2 cm³/mol. The standard InChI is InChI=1S/C18H18N2/c1-13-8-9-15(20(2)3)12-17(13)18-16-7-5-4-6-14(16)10-11-19-18/h4-12H,1-3H3. The molecule has 1 heterocycles. The van der Waals surface area contributed by atoms with Crippen molar-refractivity contribution < 1.29 is 0 Å². The number of benzene rings is 2. The summed E-state index contributed by atoms with van der Waals surface area (Å²) in [5.74, 6) is 0. The lowest BCUT2D eigenvalue weighted by molar-refractivity contribution is 1.13. The average molecular weight is 262 g/mol. The SMILES string of the molecule is Cc1ccc(N(C)C)cc1-c1nccc2ccccc12. The highest BCUT2D eigenvalue weighted by Crippen LogP contribution is 2.31. The molecule has 0 amide bonds. The van der Waals surface area contributed by atoms with E-state index in [0.717, 1.165) is 5.69 Å². The number of rotatable bonds is 2. The molecule has 2 nitrogen and oxygen atoms in total. The smallest absolute Gasteiger partial charge is 0.0783 e. The minimum Gasteiger partial charge on any atom is -0.378 e. The van der Waals surface area contributed by atoms with E-state index >= 15 is 0 Å². The first-order chi connectivity index (χ1) is 9.66. The van der Waals surface area contributed by atoms with Crippen molar-refractivity contribution in [1.29, 1.82) is 0 Å². The van der Waals surface area contributed by atoms with E-state index in [2.05, 4.69) is 79.4 Å². The molecule has 2 heteroatoms. The third kappa shape index (κ3) is 2.14. The van der Waals surface area contributed by atoms with Crippen LogP contribution in [-0.4, -0.2) is 19.1 Å². The normalized spacial score (nSPS) is 10.8. The summed E-state index contributed by atoms with van der Waals surface area (Å²) < 4.78 is 0. The van der Waals surface area contributed by atoms with Crippen molar-refractivity contribution >= 4 is 16.5 Å². The van der Waals surface area contributed by atoms with Gasteiger partial charge in [-0.15, -0.1) is 0 Å². The average Bonchev–Trinajstić information content (AvgIpc) is 2.47. The Labute approximate surface area is 119 Å². The summed E-state index contributed by atoms with van der Waals surface area (Å²) in [6.45, 7) is 2.14. The van der Waals surface area contributed by atoms with E-state index in [-0.39, 0.29) is 0 Å². The van der Waals surface area contributed by atoms with E-state index in [1.54, 1.807) is 0 Å². The van der Waals surface area contributed by atoms with E-state index < -0.39 is 0 Å². The summed E-state index contributed by atoms with van der Waals surface area (Å²) in [5.41, 5.74) is 4.71. The van der Waals surface area contributed by atoms with Crippen LogP contribution < -0.4 is 4.90 Å². The fourth-order valence-electron chi connectivity index (χ4n) is 2.48. The largest absolute Gasteiger partial charge is 0.378 e. The summed E-state index contributed by atoms with van der Waals surface area (Å²) in [5, 5.41) is 2.43. The number of fused-ring (bicyclic) bond motifs is 1. The Balaban J connectivity index is 2.28. The van der Waals surface area contributed by atoms with Gasteiger partial charge < -0.3 is 4.90 Å². The van der Waals surface area contributed by atoms with Crippen molar-refractivity contribution in [3.8, 4) is 11.3 Å². The molecule has 100 valence electrons. The number of aromatic nitrogens is 1. The topological polar surface area (TPSA) is 16.1 Å². The quantitative estimate of drug-likeness (QED) is 0.685. The van der Waals surface area contributed by atoms with E-state index in [0.29, 0.717) is 0 Å². The number of hydrogen-bond acceptors (Lipinski definition) is 2. The first-order valence-electron chi connectivity index (χ1n) is 6.79. The van der Waals surface area contributed by atoms with Crippen LogP contribution in [0.4, 0.5) is 5.69 Å². The molecule has 0 aliphatic carbocycles. The lowest BCUT2D eigenvalue weighted by Gasteiger charge is -2.16. The van der Waals surface area contributed by atoms with Gasteiger partial charge in [0.15, 0.2) is 0 Å². The fourth-order valence-corrected chi connectivity index (χ4v) is 2.48. The zero-order valence-corrected chi connectivity index (χ0v) is 12.1. The molecule has 3 rings (SSSR count). The number of aryl methyl sites for hydroxylation is 1. The second-order valence-corrected chi connectivity index (χ2v) is 5.27. The first kappa shape index (κ1) is 12.7. The minimum absolute atomic E-state index is 1.06. The molecule has 0 aliphatic rings. The Hall–Kier alpha value is -2.35. The lowest BCUT2D eigenvalue weighted by Crippen LogP contribution is -2.08. The van der Waals surface area contributed by atoms with Crippen LogP contribution in [0.1, 0.15) is 5.56 Å². The molecular formula is C18H18N2. The molecule has 0 unspecified atom stereocenters. The monoisotopic (exact) mass is 262 g/mol. The maximum Gasteiger partial charge on any atom is 0.0783 e. The third-order valence-corrected chi connectivity index (χ3v) is 3.67. The molecular weight excluding hydrogens is 244 g/mol. The van der Waals surface area contributed by atoms with E-state index in [9.17, 15) is 0 Å². The molecule has 2 aromatic carbocycles. The van der Waals surface area contributed by atoms with Crippen LogP contribution >= 0.6 is 0 Å². The Kier molecular flexibility index (Phi) is 3.15. The molecule has 0 spiro atoms. The van der Waals surface area contributed by atoms with Gasteiger partial charge in [0.2, 0.25) is 0 Å². The van der Waals surface area contributed by atoms with Gasteiger partial charge >= 0.3 is 0 Å². The summed E-state index contributed by atoms with van der Waals surface area (Å²) in [4.78, 5) is 6.74. The van der Waals surface area contributed by atoms with E-state index in [1.807, 2.05) is 6.20 Å². The minimum atomic E-state index is 1.06. The van der Waals surface area contributed by atoms with Crippen molar-refractivity contribution in [2.75, 3.05) is 19.0 Å². The molecule has 1 aromatic heterocycles. The summed E-state index contributed by atoms with van der Waals surface area (Å²) in [6.07, 6.45) is 1.89. The molecule has 0 N–H and O–H groups in total. The molecule has 20 heavy (non-hydrogen) atoms. The van der Waals surface area contributed by atoms with Gasteiger partial charge in [0.05, 0.1) is 5.69 Å². The Morgan fingerprint density at radius 3 is 2.55 bits per heavy atom. The highest BCUT2D eigenvalue weighted by Gasteiger charge is 2.09. The van der Waals surface area contributed by atoms with Crippen LogP contribution in [0, 0.1) is 6.92 Å². The number of nitrogens with zero attached hydrogens (tertiary/aromatic N) is 2. The van der Waals surface area contributed by atoms with Crippen molar-refractivity contribution in [2.45, 2.75) is 6.92 Å². The molecule has 0 aliphatic heterocycles. The van der Waals surface area contributed by atoms with Gasteiger partial charge in [-0.2, -0.15) is 0 Å². The van der Waals surface area contributed by atoms with Gasteiger partial charge in [0, 0.05) is 36.9 Å². The highest BCUT2D eigenvalue weighted by atomic mass is 15.1. The second kappa shape index (κ2) is 4.97. The number of anilines is 1. The molecule has 0 saturated heterocycles. The summed E-state index contributed by atoms with van der Waals surface area (Å²) >= 11 is 0. The maximum atomic E-state index is 4.62. The van der Waals surface area contributed by atoms with Gasteiger partial charge in [0.25, 0.3) is 0 Å². The van der Waals surface area contributed by atoms with Crippen LogP contribution in [0.2, 0.25) is 0 Å². The van der Waals surface area contributed by atoms with Crippen LogP contribution in [0.5, 0.6) is 0 Å². The lowest BCUT2D eigenvalue weighted by atomic mass is 9.99. The number of hydrogen-bond donors (Lipinski definition) is 0. The fraction of sp³-hybridized carbons (Fsp3) is 0.167. The van der Waals surface area contributed by atoms with Gasteiger partial charge in [-0.25, -0.2) is 0 Å². The van der Waals surface area contributed by atoms with Crippen LogP contribution in [-0.2, 0) is 0 Å². The highest BCUT2D eigenvalue weighted by molar-refractivity contribution is 5.95. The van der Waals surface area contributed by atoms with E-state index in [4.69, 9.17) is 0 Å². The van der Waals surface area contributed by atoms with Crippen LogP contribution in [0.25, 0.3) is 22.0 Å². The van der Waals surface area contributed by atoms with Gasteiger partial charge in [-0.05, 0) is 36.1 Å². The molecule has 0 fully saturated rings. The van der Waals surface area contributed by atoms with Crippen molar-refractivity contribution in [1.82, 2.24) is 4.98 Å². The summed E-state index contributed by atoms with van der Waals surface area (Å²) in [6, 6.07) is 17.0. The van der Waals surface area contributed by atoms with E-state index in [1.165, 1.54) is 27.6 Å². The Morgan fingerprint density at radius 1 is 0.950 bits per heavy atom. The predicted octanol–water partition coefficient (Wildman–Crippen LogP) is 4.28. The van der Waals surface area contributed by atoms with Crippen molar-refractivity contribution in [3.05, 3.63) is 60.3 Å². The molecule has 0 saturated carbocycles. The third-order valence-electron chi connectivity index (χ3n) is 3.67. The van der Waals surface area contributed by atoms with Gasteiger partial charge in [0.1, 0.15) is 0 Å².